The first kappa shape index (κ1) is 14.8. The molecule has 0 amide bonds. The highest BCUT2D eigenvalue weighted by Gasteiger charge is 2.31. The van der Waals surface area contributed by atoms with Crippen molar-refractivity contribution in [2.45, 2.75) is 32.4 Å². The molecular weight excluding hydrogens is 284 g/mol. The van der Waals surface area contributed by atoms with E-state index in [1.165, 1.54) is 7.11 Å². The zero-order chi connectivity index (χ0) is 15.7. The Morgan fingerprint density at radius 2 is 2.27 bits per heavy atom. The third-order valence-corrected chi connectivity index (χ3v) is 4.04. The van der Waals surface area contributed by atoms with Crippen molar-refractivity contribution in [3.8, 4) is 0 Å². The maximum Gasteiger partial charge on any atom is 0.340 e. The molecule has 2 atom stereocenters. The maximum atomic E-state index is 11.9. The minimum absolute atomic E-state index is 0.174. The van der Waals surface area contributed by atoms with Gasteiger partial charge < -0.3 is 18.8 Å². The van der Waals surface area contributed by atoms with Crippen molar-refractivity contribution < 1.29 is 18.7 Å². The summed E-state index contributed by atoms with van der Waals surface area (Å²) in [6, 6.07) is 6.20. The number of hydrogen-bond donors (Lipinski definition) is 0. The molecule has 0 radical (unpaired) electrons. The van der Waals surface area contributed by atoms with Gasteiger partial charge in [0, 0.05) is 0 Å². The number of carbonyl (C=O) groups is 1. The van der Waals surface area contributed by atoms with Crippen LogP contribution in [0.3, 0.4) is 0 Å². The summed E-state index contributed by atoms with van der Waals surface area (Å²) in [7, 11) is 1.36. The number of morpholine rings is 1. The van der Waals surface area contributed by atoms with Crippen LogP contribution in [0, 0.1) is 0 Å². The third-order valence-electron chi connectivity index (χ3n) is 4.04. The van der Waals surface area contributed by atoms with Gasteiger partial charge >= 0.3 is 5.97 Å². The van der Waals surface area contributed by atoms with Crippen LogP contribution in [0.2, 0.25) is 0 Å². The third kappa shape index (κ3) is 2.43. The summed E-state index contributed by atoms with van der Waals surface area (Å²) in [5, 5.41) is 0. The first-order chi connectivity index (χ1) is 10.7. The molecule has 3 rings (SSSR count). The summed E-state index contributed by atoms with van der Waals surface area (Å²) < 4.78 is 16.3. The Morgan fingerprint density at radius 3 is 3.00 bits per heavy atom. The van der Waals surface area contributed by atoms with Crippen molar-refractivity contribution in [1.82, 2.24) is 4.98 Å². The molecule has 1 aromatic heterocycles. The summed E-state index contributed by atoms with van der Waals surface area (Å²) in [5.74, 6) is -0.410. The average Bonchev–Trinajstić information content (AvgIpc) is 2.97. The van der Waals surface area contributed by atoms with Gasteiger partial charge in [0.05, 0.1) is 38.0 Å². The van der Waals surface area contributed by atoms with Gasteiger partial charge in [0.25, 0.3) is 6.01 Å². The van der Waals surface area contributed by atoms with Crippen molar-refractivity contribution in [2.75, 3.05) is 25.2 Å². The Balaban J connectivity index is 2.06. The number of esters is 1. The molecular formula is C16H20N2O4. The summed E-state index contributed by atoms with van der Waals surface area (Å²) in [6.07, 6.45) is 0.937. The van der Waals surface area contributed by atoms with E-state index >= 15 is 0 Å². The summed E-state index contributed by atoms with van der Waals surface area (Å²) >= 11 is 0. The van der Waals surface area contributed by atoms with E-state index in [4.69, 9.17) is 13.9 Å². The lowest BCUT2D eigenvalue weighted by molar-refractivity contribution is 0.0602. The monoisotopic (exact) mass is 304 g/mol. The van der Waals surface area contributed by atoms with Crippen molar-refractivity contribution in [3.05, 3.63) is 23.8 Å². The zero-order valence-corrected chi connectivity index (χ0v) is 13.0. The number of benzene rings is 1. The van der Waals surface area contributed by atoms with Crippen molar-refractivity contribution in [2.24, 2.45) is 0 Å². The molecule has 0 bridgehead atoms. The van der Waals surface area contributed by atoms with Gasteiger partial charge in [-0.25, -0.2) is 4.79 Å². The second-order valence-corrected chi connectivity index (χ2v) is 5.50. The Hall–Kier alpha value is -2.08. The van der Waals surface area contributed by atoms with E-state index in [1.54, 1.807) is 12.1 Å². The van der Waals surface area contributed by atoms with Crippen LogP contribution in [0.4, 0.5) is 6.01 Å². The van der Waals surface area contributed by atoms with E-state index in [-0.39, 0.29) is 12.1 Å². The summed E-state index contributed by atoms with van der Waals surface area (Å²) in [5.41, 5.74) is 1.55. The molecule has 0 aliphatic carbocycles. The molecule has 118 valence electrons. The molecule has 0 unspecified atom stereocenters. The Morgan fingerprint density at radius 1 is 1.45 bits per heavy atom. The molecule has 6 nitrogen and oxygen atoms in total. The fourth-order valence-electron chi connectivity index (χ4n) is 2.88. The maximum absolute atomic E-state index is 11.9. The lowest BCUT2D eigenvalue weighted by Crippen LogP contribution is -2.51. The number of rotatable bonds is 3. The molecule has 0 saturated carbocycles. The number of carbonyl (C=O) groups excluding carboxylic acids is 1. The standard InChI is InChI=1S/C16H20N2O4/c1-4-11-9-21-8-10(2)18(11)16-17-14-12(15(19)20-3)6-5-7-13(14)22-16/h5-7,10-11H,4,8-9H2,1-3H3/t10-,11-/m0/s1. The smallest absolute Gasteiger partial charge is 0.340 e. The first-order valence-corrected chi connectivity index (χ1v) is 7.49. The van der Waals surface area contributed by atoms with Crippen LogP contribution in [-0.2, 0) is 9.47 Å². The van der Waals surface area contributed by atoms with Gasteiger partial charge in [0.2, 0.25) is 0 Å². The molecule has 1 aromatic carbocycles. The quantitative estimate of drug-likeness (QED) is 0.812. The molecule has 1 fully saturated rings. The van der Waals surface area contributed by atoms with Crippen LogP contribution < -0.4 is 4.90 Å². The van der Waals surface area contributed by atoms with Gasteiger partial charge in [-0.15, -0.1) is 0 Å². The second kappa shape index (κ2) is 5.96. The predicted octanol–water partition coefficient (Wildman–Crippen LogP) is 2.62. The topological polar surface area (TPSA) is 64.8 Å². The normalized spacial score (nSPS) is 22.0. The van der Waals surface area contributed by atoms with Crippen LogP contribution in [0.5, 0.6) is 0 Å². The number of para-hydroxylation sites is 1. The lowest BCUT2D eigenvalue weighted by atomic mass is 10.1. The second-order valence-electron chi connectivity index (χ2n) is 5.50. The van der Waals surface area contributed by atoms with E-state index in [9.17, 15) is 4.79 Å². The molecule has 22 heavy (non-hydrogen) atoms. The Bertz CT molecular complexity index is 682. The molecule has 0 N–H and O–H groups in total. The number of ether oxygens (including phenoxy) is 2. The van der Waals surface area contributed by atoms with Crippen molar-refractivity contribution >= 4 is 23.1 Å². The fraction of sp³-hybridized carbons (Fsp3) is 0.500. The van der Waals surface area contributed by atoms with Gasteiger partial charge in [0.1, 0.15) is 5.52 Å². The highest BCUT2D eigenvalue weighted by molar-refractivity contribution is 6.01. The van der Waals surface area contributed by atoms with Gasteiger partial charge in [-0.05, 0) is 25.5 Å². The lowest BCUT2D eigenvalue weighted by Gasteiger charge is -2.38. The van der Waals surface area contributed by atoms with Crippen molar-refractivity contribution in [1.29, 1.82) is 0 Å². The molecule has 2 heterocycles. The number of hydrogen-bond acceptors (Lipinski definition) is 6. The minimum atomic E-state index is -0.410. The Kier molecular flexibility index (Phi) is 4.02. The summed E-state index contributed by atoms with van der Waals surface area (Å²) in [4.78, 5) is 18.6. The summed E-state index contributed by atoms with van der Waals surface area (Å²) in [6.45, 7) is 5.49. The number of aromatic nitrogens is 1. The number of methoxy groups -OCH3 is 1. The largest absolute Gasteiger partial charge is 0.465 e. The van der Waals surface area contributed by atoms with Gasteiger partial charge in [-0.2, -0.15) is 4.98 Å². The highest BCUT2D eigenvalue weighted by atomic mass is 16.5. The predicted molar refractivity (Wildman–Crippen MR) is 82.2 cm³/mol. The van der Waals surface area contributed by atoms with Crippen LogP contribution in [0.15, 0.2) is 22.6 Å². The highest BCUT2D eigenvalue weighted by Crippen LogP contribution is 2.29. The van der Waals surface area contributed by atoms with E-state index in [1.807, 2.05) is 6.07 Å². The molecule has 2 aromatic rings. The van der Waals surface area contributed by atoms with Crippen LogP contribution in [0.1, 0.15) is 30.6 Å². The number of anilines is 1. The van der Waals surface area contributed by atoms with E-state index in [0.717, 1.165) is 6.42 Å². The molecule has 1 aliphatic heterocycles. The van der Waals surface area contributed by atoms with E-state index in [2.05, 4.69) is 23.7 Å². The average molecular weight is 304 g/mol. The van der Waals surface area contributed by atoms with Crippen LogP contribution in [-0.4, -0.2) is 43.4 Å². The number of fused-ring (bicyclic) bond motifs is 1. The molecule has 1 aliphatic rings. The SMILES string of the molecule is CC[C@H]1COC[C@H](C)N1c1nc2c(C(=O)OC)cccc2o1. The van der Waals surface area contributed by atoms with Gasteiger partial charge in [-0.1, -0.05) is 13.0 Å². The molecule has 1 saturated heterocycles. The molecule has 0 spiro atoms. The van der Waals surface area contributed by atoms with Gasteiger partial charge in [-0.3, -0.25) is 0 Å². The minimum Gasteiger partial charge on any atom is -0.465 e. The number of nitrogens with zero attached hydrogens (tertiary/aromatic N) is 2. The first-order valence-electron chi connectivity index (χ1n) is 7.49. The van der Waals surface area contributed by atoms with Crippen LogP contribution >= 0.6 is 0 Å². The number of oxazole rings is 1. The van der Waals surface area contributed by atoms with E-state index < -0.39 is 5.97 Å². The van der Waals surface area contributed by atoms with Crippen LogP contribution in [0.25, 0.3) is 11.1 Å². The van der Waals surface area contributed by atoms with Crippen molar-refractivity contribution in [3.63, 3.8) is 0 Å². The Labute approximate surface area is 129 Å². The van der Waals surface area contributed by atoms with Gasteiger partial charge in [0.15, 0.2) is 5.58 Å². The zero-order valence-electron chi connectivity index (χ0n) is 13.0. The fourth-order valence-corrected chi connectivity index (χ4v) is 2.88. The van der Waals surface area contributed by atoms with E-state index in [0.29, 0.717) is 35.9 Å². The molecule has 6 heteroatoms.